The molecule has 5 nitrogen and oxygen atoms in total. The fourth-order valence-corrected chi connectivity index (χ4v) is 5.11. The number of nitrogens with zero attached hydrogens (tertiary/aromatic N) is 2. The first-order valence-corrected chi connectivity index (χ1v) is 8.32. The van der Waals surface area contributed by atoms with Crippen molar-refractivity contribution in [3.05, 3.63) is 18.0 Å². The minimum Gasteiger partial charge on any atom is -0.352 e. The Morgan fingerprint density at radius 1 is 1.32 bits per heavy atom. The van der Waals surface area contributed by atoms with Crippen LogP contribution in [0.3, 0.4) is 0 Å². The summed E-state index contributed by atoms with van der Waals surface area (Å²) in [6.07, 6.45) is 5.29. The van der Waals surface area contributed by atoms with E-state index in [9.17, 15) is 8.42 Å². The third-order valence-corrected chi connectivity index (χ3v) is 6.42. The van der Waals surface area contributed by atoms with Crippen LogP contribution in [0, 0.1) is 11.8 Å². The minimum atomic E-state index is -3.34. The Morgan fingerprint density at radius 3 is 2.47 bits per heavy atom. The van der Waals surface area contributed by atoms with Crippen LogP contribution in [-0.2, 0) is 23.6 Å². The molecule has 0 amide bonds. The molecule has 1 aromatic heterocycles. The Hall–Kier alpha value is -0.850. The Morgan fingerprint density at radius 2 is 1.95 bits per heavy atom. The van der Waals surface area contributed by atoms with E-state index in [0.717, 1.165) is 5.69 Å². The van der Waals surface area contributed by atoms with Gasteiger partial charge in [0.1, 0.15) is 4.90 Å². The van der Waals surface area contributed by atoms with Crippen molar-refractivity contribution in [1.29, 1.82) is 0 Å². The van der Waals surface area contributed by atoms with Crippen LogP contribution in [0.15, 0.2) is 17.2 Å². The molecule has 0 spiro atoms. The van der Waals surface area contributed by atoms with Gasteiger partial charge in [0.05, 0.1) is 0 Å². The number of aryl methyl sites for hydroxylation is 1. The van der Waals surface area contributed by atoms with Crippen LogP contribution in [0.1, 0.15) is 25.0 Å². The summed E-state index contributed by atoms with van der Waals surface area (Å²) >= 11 is 0. The summed E-state index contributed by atoms with van der Waals surface area (Å²) in [5.41, 5.74) is 6.45. The quantitative estimate of drug-likeness (QED) is 0.896. The molecule has 106 valence electrons. The van der Waals surface area contributed by atoms with Gasteiger partial charge >= 0.3 is 0 Å². The number of nitrogens with two attached hydrogens (primary N) is 1. The number of sulfonamides is 1. The monoisotopic (exact) mass is 283 g/mol. The van der Waals surface area contributed by atoms with Crippen molar-refractivity contribution in [1.82, 2.24) is 8.87 Å². The van der Waals surface area contributed by atoms with E-state index in [1.165, 1.54) is 19.3 Å². The molecule has 0 bridgehead atoms. The normalized spacial score (nSPS) is 27.9. The summed E-state index contributed by atoms with van der Waals surface area (Å²) in [7, 11) is -1.50. The van der Waals surface area contributed by atoms with E-state index < -0.39 is 10.0 Å². The van der Waals surface area contributed by atoms with Crippen LogP contribution in [0.5, 0.6) is 0 Å². The zero-order valence-electron chi connectivity index (χ0n) is 11.2. The Kier molecular flexibility index (Phi) is 3.19. The predicted molar refractivity (Wildman–Crippen MR) is 72.9 cm³/mol. The van der Waals surface area contributed by atoms with Crippen molar-refractivity contribution in [2.24, 2.45) is 24.6 Å². The van der Waals surface area contributed by atoms with E-state index in [1.807, 2.05) is 7.05 Å². The van der Waals surface area contributed by atoms with Crippen LogP contribution in [0.4, 0.5) is 0 Å². The molecule has 1 aliphatic carbocycles. The van der Waals surface area contributed by atoms with Crippen molar-refractivity contribution in [3.63, 3.8) is 0 Å². The van der Waals surface area contributed by atoms with Gasteiger partial charge in [0, 0.05) is 38.6 Å². The molecule has 2 N–H and O–H groups in total. The second kappa shape index (κ2) is 4.61. The summed E-state index contributed by atoms with van der Waals surface area (Å²) < 4.78 is 28.7. The van der Waals surface area contributed by atoms with Gasteiger partial charge < -0.3 is 10.3 Å². The Labute approximate surface area is 114 Å². The molecule has 6 heteroatoms. The summed E-state index contributed by atoms with van der Waals surface area (Å²) in [4.78, 5) is 0.385. The van der Waals surface area contributed by atoms with Gasteiger partial charge in [0.2, 0.25) is 10.0 Å². The molecule has 2 atom stereocenters. The Bertz CT molecular complexity index is 567. The molecule has 1 saturated carbocycles. The van der Waals surface area contributed by atoms with Crippen molar-refractivity contribution >= 4 is 10.0 Å². The van der Waals surface area contributed by atoms with Gasteiger partial charge in [0.15, 0.2) is 0 Å². The molecule has 2 fully saturated rings. The zero-order valence-corrected chi connectivity index (χ0v) is 12.1. The van der Waals surface area contributed by atoms with E-state index in [2.05, 4.69) is 0 Å². The second-order valence-corrected chi connectivity index (χ2v) is 7.69. The minimum absolute atomic E-state index is 0.358. The van der Waals surface area contributed by atoms with E-state index in [-0.39, 0.29) is 0 Å². The molecule has 2 unspecified atom stereocenters. The van der Waals surface area contributed by atoms with Gasteiger partial charge in [-0.3, -0.25) is 0 Å². The lowest BCUT2D eigenvalue weighted by Crippen LogP contribution is -2.29. The maximum Gasteiger partial charge on any atom is 0.244 e. The summed E-state index contributed by atoms with van der Waals surface area (Å²) in [6.45, 7) is 1.75. The predicted octanol–water partition coefficient (Wildman–Crippen LogP) is 0.904. The van der Waals surface area contributed by atoms with Gasteiger partial charge in [-0.2, -0.15) is 4.31 Å². The molecule has 2 aliphatic rings. The molecule has 2 heterocycles. The highest BCUT2D eigenvalue weighted by molar-refractivity contribution is 7.89. The second-order valence-electron chi connectivity index (χ2n) is 5.76. The van der Waals surface area contributed by atoms with Gasteiger partial charge in [-0.25, -0.2) is 8.42 Å². The molecular formula is C13H21N3O2S. The van der Waals surface area contributed by atoms with Crippen LogP contribution < -0.4 is 5.73 Å². The summed E-state index contributed by atoms with van der Waals surface area (Å²) in [6, 6.07) is 1.70. The van der Waals surface area contributed by atoms with Crippen LogP contribution in [0.2, 0.25) is 0 Å². The molecule has 0 aromatic carbocycles. The van der Waals surface area contributed by atoms with Gasteiger partial charge in [-0.05, 0) is 30.7 Å². The van der Waals surface area contributed by atoms with Gasteiger partial charge in [0.25, 0.3) is 0 Å². The molecule has 1 aromatic rings. The highest BCUT2D eigenvalue weighted by Crippen LogP contribution is 2.39. The third-order valence-electron chi connectivity index (χ3n) is 4.62. The smallest absolute Gasteiger partial charge is 0.244 e. The number of rotatable bonds is 3. The van der Waals surface area contributed by atoms with Crippen molar-refractivity contribution < 1.29 is 8.42 Å². The summed E-state index contributed by atoms with van der Waals surface area (Å²) in [5, 5.41) is 0. The number of aromatic nitrogens is 1. The fourth-order valence-electron chi connectivity index (χ4n) is 3.46. The van der Waals surface area contributed by atoms with Crippen molar-refractivity contribution in [2.75, 3.05) is 13.1 Å². The first-order chi connectivity index (χ1) is 9.02. The zero-order chi connectivity index (χ0) is 13.6. The van der Waals surface area contributed by atoms with E-state index in [0.29, 0.717) is 36.4 Å². The van der Waals surface area contributed by atoms with Crippen molar-refractivity contribution in [2.45, 2.75) is 30.7 Å². The topological polar surface area (TPSA) is 68.3 Å². The highest BCUT2D eigenvalue weighted by atomic mass is 32.2. The van der Waals surface area contributed by atoms with Gasteiger partial charge in [-0.1, -0.05) is 6.42 Å². The molecule has 1 saturated heterocycles. The lowest BCUT2D eigenvalue weighted by Gasteiger charge is -2.16. The van der Waals surface area contributed by atoms with Crippen LogP contribution in [-0.4, -0.2) is 30.4 Å². The summed E-state index contributed by atoms with van der Waals surface area (Å²) in [5.74, 6) is 1.15. The number of hydrogen-bond acceptors (Lipinski definition) is 3. The van der Waals surface area contributed by atoms with Gasteiger partial charge in [-0.15, -0.1) is 0 Å². The SMILES string of the molecule is Cn1cc(S(=O)(=O)N2CC3CCCC3C2)cc1CN. The average molecular weight is 283 g/mol. The Balaban J connectivity index is 1.86. The maximum absolute atomic E-state index is 12.6. The average Bonchev–Trinajstić information content (AvgIpc) is 3.00. The molecule has 3 rings (SSSR count). The largest absolute Gasteiger partial charge is 0.352 e. The lowest BCUT2D eigenvalue weighted by molar-refractivity contribution is 0.445. The first kappa shape index (κ1) is 13.1. The third kappa shape index (κ3) is 2.11. The van der Waals surface area contributed by atoms with Crippen LogP contribution in [0.25, 0.3) is 0 Å². The first-order valence-electron chi connectivity index (χ1n) is 6.88. The van der Waals surface area contributed by atoms with E-state index >= 15 is 0 Å². The maximum atomic E-state index is 12.6. The van der Waals surface area contributed by atoms with Crippen molar-refractivity contribution in [3.8, 4) is 0 Å². The fraction of sp³-hybridized carbons (Fsp3) is 0.692. The van der Waals surface area contributed by atoms with E-state index in [1.54, 1.807) is 21.1 Å². The van der Waals surface area contributed by atoms with E-state index in [4.69, 9.17) is 5.73 Å². The number of hydrogen-bond donors (Lipinski definition) is 1. The lowest BCUT2D eigenvalue weighted by atomic mass is 10.0. The highest BCUT2D eigenvalue weighted by Gasteiger charge is 2.41. The number of fused-ring (bicyclic) bond motifs is 1. The molecular weight excluding hydrogens is 262 g/mol. The molecule has 19 heavy (non-hydrogen) atoms. The molecule has 0 radical (unpaired) electrons. The van der Waals surface area contributed by atoms with Crippen LogP contribution >= 0.6 is 0 Å². The standard InChI is InChI=1S/C13H21N3O2S/c1-15-9-13(5-12(15)6-14)19(17,18)16-7-10-3-2-4-11(10)8-16/h5,9-11H,2-4,6-8,14H2,1H3. The molecule has 1 aliphatic heterocycles.